The number of carboxylic acids is 1. The van der Waals surface area contributed by atoms with E-state index in [1.165, 1.54) is 40.9 Å². The molecule has 2 rings (SSSR count). The standard InChI is InChI=1S/C14H16FNO3S/c1-8-16(11(13(18)19)14(2,3)20-8)12(17)9-4-6-10(15)7-5-9/h4-8,11H,1-3H3,(H,18,19). The molecule has 1 fully saturated rings. The van der Waals surface area contributed by atoms with E-state index in [4.69, 9.17) is 0 Å². The first-order valence-corrected chi connectivity index (χ1v) is 7.11. The predicted molar refractivity (Wildman–Crippen MR) is 75.1 cm³/mol. The fourth-order valence-corrected chi connectivity index (χ4v) is 4.10. The molecular weight excluding hydrogens is 281 g/mol. The van der Waals surface area contributed by atoms with E-state index in [1.54, 1.807) is 6.92 Å². The number of carbonyl (C=O) groups is 2. The predicted octanol–water partition coefficient (Wildman–Crippen LogP) is 2.59. The van der Waals surface area contributed by atoms with Gasteiger partial charge < -0.3 is 10.0 Å². The highest BCUT2D eigenvalue weighted by Crippen LogP contribution is 2.44. The zero-order valence-corrected chi connectivity index (χ0v) is 12.3. The zero-order chi connectivity index (χ0) is 15.1. The van der Waals surface area contributed by atoms with Crippen LogP contribution in [-0.2, 0) is 4.79 Å². The summed E-state index contributed by atoms with van der Waals surface area (Å²) in [5, 5.41) is 9.16. The lowest BCUT2D eigenvalue weighted by atomic mass is 10.0. The molecule has 0 spiro atoms. The van der Waals surface area contributed by atoms with Crippen molar-refractivity contribution in [3.63, 3.8) is 0 Å². The van der Waals surface area contributed by atoms with E-state index in [1.807, 2.05) is 13.8 Å². The number of amides is 1. The van der Waals surface area contributed by atoms with Crippen LogP contribution in [0.25, 0.3) is 0 Å². The second-order valence-electron chi connectivity index (χ2n) is 5.28. The van der Waals surface area contributed by atoms with E-state index in [9.17, 15) is 19.1 Å². The Labute approximate surface area is 121 Å². The molecule has 1 aliphatic rings. The zero-order valence-electron chi connectivity index (χ0n) is 11.5. The van der Waals surface area contributed by atoms with Crippen LogP contribution in [0.3, 0.4) is 0 Å². The summed E-state index contributed by atoms with van der Waals surface area (Å²) in [5.41, 5.74) is 0.294. The van der Waals surface area contributed by atoms with E-state index in [0.29, 0.717) is 5.56 Å². The Bertz CT molecular complexity index is 544. The van der Waals surface area contributed by atoms with E-state index in [0.717, 1.165) is 0 Å². The summed E-state index contributed by atoms with van der Waals surface area (Å²) in [6, 6.07) is 4.24. The van der Waals surface area contributed by atoms with Gasteiger partial charge in [-0.2, -0.15) is 0 Å². The van der Waals surface area contributed by atoms with Crippen molar-refractivity contribution in [1.29, 1.82) is 0 Å². The van der Waals surface area contributed by atoms with Crippen LogP contribution < -0.4 is 0 Å². The second-order valence-corrected chi connectivity index (χ2v) is 7.25. The molecule has 0 radical (unpaired) electrons. The van der Waals surface area contributed by atoms with Crippen molar-refractivity contribution in [2.75, 3.05) is 0 Å². The lowest BCUT2D eigenvalue weighted by Gasteiger charge is -2.29. The number of thioether (sulfide) groups is 1. The molecule has 0 saturated carbocycles. The lowest BCUT2D eigenvalue weighted by molar-refractivity contribution is -0.142. The Morgan fingerprint density at radius 2 is 1.85 bits per heavy atom. The minimum absolute atomic E-state index is 0.247. The molecule has 1 N–H and O–H groups in total. The van der Waals surface area contributed by atoms with Gasteiger partial charge in [0.25, 0.3) is 5.91 Å². The third-order valence-corrected chi connectivity index (χ3v) is 4.76. The van der Waals surface area contributed by atoms with Gasteiger partial charge >= 0.3 is 5.97 Å². The highest BCUT2D eigenvalue weighted by Gasteiger charge is 2.51. The van der Waals surface area contributed by atoms with E-state index in [2.05, 4.69) is 0 Å². The Kier molecular flexibility index (Phi) is 3.77. The van der Waals surface area contributed by atoms with Crippen LogP contribution in [0.1, 0.15) is 31.1 Å². The van der Waals surface area contributed by atoms with Gasteiger partial charge in [0.15, 0.2) is 0 Å². The van der Waals surface area contributed by atoms with Crippen molar-refractivity contribution in [3.05, 3.63) is 35.6 Å². The van der Waals surface area contributed by atoms with Gasteiger partial charge in [-0.15, -0.1) is 11.8 Å². The molecule has 0 bridgehead atoms. The molecule has 2 atom stereocenters. The lowest BCUT2D eigenvalue weighted by Crippen LogP contribution is -2.50. The number of nitrogens with zero attached hydrogens (tertiary/aromatic N) is 1. The van der Waals surface area contributed by atoms with E-state index in [-0.39, 0.29) is 11.3 Å². The molecule has 1 aromatic carbocycles. The number of rotatable bonds is 2. The van der Waals surface area contributed by atoms with Crippen LogP contribution in [0.15, 0.2) is 24.3 Å². The van der Waals surface area contributed by atoms with Crippen LogP contribution in [0.5, 0.6) is 0 Å². The van der Waals surface area contributed by atoms with E-state index >= 15 is 0 Å². The fourth-order valence-electron chi connectivity index (χ4n) is 2.55. The summed E-state index contributed by atoms with van der Waals surface area (Å²) in [6.45, 7) is 5.42. The van der Waals surface area contributed by atoms with Gasteiger partial charge in [-0.1, -0.05) is 0 Å². The Balaban J connectivity index is 2.36. The highest BCUT2D eigenvalue weighted by molar-refractivity contribution is 8.01. The smallest absolute Gasteiger partial charge is 0.327 e. The number of hydrogen-bond acceptors (Lipinski definition) is 3. The average molecular weight is 297 g/mol. The molecule has 1 heterocycles. The molecule has 1 amide bonds. The maximum Gasteiger partial charge on any atom is 0.327 e. The molecule has 108 valence electrons. The first-order chi connectivity index (χ1) is 9.24. The molecule has 1 saturated heterocycles. The molecule has 4 nitrogen and oxygen atoms in total. The number of aliphatic carboxylic acids is 1. The molecule has 1 aromatic rings. The maximum absolute atomic E-state index is 12.9. The molecule has 2 unspecified atom stereocenters. The van der Waals surface area contributed by atoms with Crippen LogP contribution in [0.4, 0.5) is 4.39 Å². The van der Waals surface area contributed by atoms with Crippen LogP contribution in [0, 0.1) is 5.82 Å². The average Bonchev–Trinajstić information content (AvgIpc) is 2.58. The summed E-state index contributed by atoms with van der Waals surface area (Å²) in [4.78, 5) is 25.4. The van der Waals surface area contributed by atoms with Gasteiger partial charge in [-0.25, -0.2) is 9.18 Å². The quantitative estimate of drug-likeness (QED) is 0.911. The number of hydrogen-bond donors (Lipinski definition) is 1. The third-order valence-electron chi connectivity index (χ3n) is 3.36. The summed E-state index contributed by atoms with van der Waals surface area (Å²) in [5.74, 6) is -1.84. The van der Waals surface area contributed by atoms with Gasteiger partial charge in [0.1, 0.15) is 11.9 Å². The Hall–Kier alpha value is -1.56. The summed E-state index contributed by atoms with van der Waals surface area (Å²) >= 11 is 1.44. The van der Waals surface area contributed by atoms with Crippen molar-refractivity contribution in [2.24, 2.45) is 0 Å². The van der Waals surface area contributed by atoms with Crippen LogP contribution in [0.2, 0.25) is 0 Å². The summed E-state index contributed by atoms with van der Waals surface area (Å²) < 4.78 is 12.3. The van der Waals surface area contributed by atoms with Crippen molar-refractivity contribution in [2.45, 2.75) is 36.9 Å². The molecule has 0 aromatic heterocycles. The van der Waals surface area contributed by atoms with Gasteiger partial charge in [0.05, 0.1) is 5.37 Å². The number of carbonyl (C=O) groups excluding carboxylic acids is 1. The molecule has 6 heteroatoms. The first kappa shape index (κ1) is 14.8. The van der Waals surface area contributed by atoms with Crippen LogP contribution >= 0.6 is 11.8 Å². The topological polar surface area (TPSA) is 57.6 Å². The number of carboxylic acid groups (broad SMARTS) is 1. The minimum atomic E-state index is -1.03. The maximum atomic E-state index is 12.9. The Morgan fingerprint density at radius 1 is 1.30 bits per heavy atom. The summed E-state index contributed by atoms with van der Waals surface area (Å²) in [7, 11) is 0. The largest absolute Gasteiger partial charge is 0.480 e. The SMILES string of the molecule is CC1SC(C)(C)C(C(=O)O)N1C(=O)c1ccc(F)cc1. The second kappa shape index (κ2) is 5.09. The van der Waals surface area contributed by atoms with Gasteiger partial charge in [0.2, 0.25) is 0 Å². The normalized spacial score (nSPS) is 24.7. The Morgan fingerprint density at radius 3 is 2.35 bits per heavy atom. The van der Waals surface area contributed by atoms with Crippen molar-refractivity contribution in [1.82, 2.24) is 4.90 Å². The van der Waals surface area contributed by atoms with Crippen molar-refractivity contribution in [3.8, 4) is 0 Å². The van der Waals surface area contributed by atoms with Crippen molar-refractivity contribution >= 4 is 23.6 Å². The van der Waals surface area contributed by atoms with Gasteiger partial charge in [-0.3, -0.25) is 4.79 Å². The first-order valence-electron chi connectivity index (χ1n) is 6.23. The number of benzene rings is 1. The molecule has 0 aliphatic carbocycles. The van der Waals surface area contributed by atoms with Crippen molar-refractivity contribution < 1.29 is 19.1 Å². The highest BCUT2D eigenvalue weighted by atomic mass is 32.2. The number of halogens is 1. The van der Waals surface area contributed by atoms with Gasteiger partial charge in [0, 0.05) is 10.3 Å². The van der Waals surface area contributed by atoms with Crippen LogP contribution in [-0.4, -0.2) is 38.0 Å². The molecule has 20 heavy (non-hydrogen) atoms. The minimum Gasteiger partial charge on any atom is -0.480 e. The monoisotopic (exact) mass is 297 g/mol. The summed E-state index contributed by atoms with van der Waals surface area (Å²) in [6.07, 6.45) is 0. The molecular formula is C14H16FNO3S. The van der Waals surface area contributed by atoms with E-state index < -0.39 is 22.6 Å². The third kappa shape index (κ3) is 2.52. The van der Waals surface area contributed by atoms with Gasteiger partial charge in [-0.05, 0) is 45.0 Å². The fraction of sp³-hybridized carbons (Fsp3) is 0.429. The molecule has 1 aliphatic heterocycles.